The Morgan fingerprint density at radius 1 is 0.829 bits per heavy atom. The molecule has 0 spiro atoms. The summed E-state index contributed by atoms with van der Waals surface area (Å²) in [6.07, 6.45) is 9.19. The number of unbranched alkanes of at least 4 members (excludes halogenated alkanes) is 3. The lowest BCUT2D eigenvalue weighted by atomic mass is 9.86. The van der Waals surface area contributed by atoms with Crippen molar-refractivity contribution in [3.8, 4) is 0 Å². The first-order valence-electron chi connectivity index (χ1n) is 15.3. The second kappa shape index (κ2) is 12.8. The minimum Gasteiger partial charge on any atom is -0.399 e. The number of anilines is 1. The van der Waals surface area contributed by atoms with E-state index in [4.69, 9.17) is 5.73 Å². The van der Waals surface area contributed by atoms with Gasteiger partial charge in [-0.25, -0.2) is 4.39 Å². The van der Waals surface area contributed by atoms with E-state index in [9.17, 15) is 13.2 Å². The number of benzene rings is 3. The highest BCUT2D eigenvalue weighted by molar-refractivity contribution is 6.00. The van der Waals surface area contributed by atoms with E-state index in [1.54, 1.807) is 0 Å². The maximum absolute atomic E-state index is 15.3. The Morgan fingerprint density at radius 3 is 2.32 bits per heavy atom. The van der Waals surface area contributed by atoms with Crippen LogP contribution < -0.4 is 5.73 Å². The molecule has 0 amide bonds. The van der Waals surface area contributed by atoms with Crippen molar-refractivity contribution < 1.29 is 17.6 Å². The molecule has 5 rings (SSSR count). The van der Waals surface area contributed by atoms with Crippen molar-refractivity contribution in [3.63, 3.8) is 0 Å². The topological polar surface area (TPSA) is 26.0 Å². The van der Waals surface area contributed by atoms with Gasteiger partial charge < -0.3 is 5.73 Å². The monoisotopic (exact) mass is 563 g/mol. The van der Waals surface area contributed by atoms with Crippen molar-refractivity contribution in [2.75, 3.05) is 5.73 Å². The van der Waals surface area contributed by atoms with E-state index in [1.165, 1.54) is 63.0 Å². The highest BCUT2D eigenvalue weighted by atomic mass is 19.4. The Kier molecular flexibility index (Phi) is 9.21. The average molecular weight is 564 g/mol. The number of rotatable bonds is 9. The number of nitrogen functional groups attached to an aromatic ring is 1. The zero-order valence-corrected chi connectivity index (χ0v) is 24.0. The summed E-state index contributed by atoms with van der Waals surface area (Å²) in [4.78, 5) is 0. The van der Waals surface area contributed by atoms with E-state index in [1.807, 2.05) is 18.2 Å². The zero-order valence-electron chi connectivity index (χ0n) is 24.0. The molecule has 2 unspecified atom stereocenters. The molecule has 0 heterocycles. The molecule has 218 valence electrons. The van der Waals surface area contributed by atoms with Crippen LogP contribution in [0.3, 0.4) is 0 Å². The van der Waals surface area contributed by atoms with Crippen LogP contribution in [-0.4, -0.2) is 0 Å². The van der Waals surface area contributed by atoms with Gasteiger partial charge in [-0.05, 0) is 108 Å². The normalized spacial score (nSPS) is 19.3. The molecule has 2 aliphatic rings. The summed E-state index contributed by atoms with van der Waals surface area (Å²) < 4.78 is 55.2. The molecule has 0 aliphatic heterocycles. The van der Waals surface area contributed by atoms with Crippen molar-refractivity contribution in [2.45, 2.75) is 90.1 Å². The summed E-state index contributed by atoms with van der Waals surface area (Å²) in [5, 5.41) is 0. The number of halogens is 4. The molecule has 2 N–H and O–H groups in total. The van der Waals surface area contributed by atoms with Gasteiger partial charge in [-0.1, -0.05) is 81.8 Å². The zero-order chi connectivity index (χ0) is 29.0. The maximum Gasteiger partial charge on any atom is 0.416 e. The molecular weight excluding hydrogens is 522 g/mol. The van der Waals surface area contributed by atoms with Crippen molar-refractivity contribution in [1.29, 1.82) is 0 Å². The van der Waals surface area contributed by atoms with Gasteiger partial charge in [0.1, 0.15) is 5.82 Å². The fourth-order valence-corrected chi connectivity index (χ4v) is 6.97. The van der Waals surface area contributed by atoms with Crippen LogP contribution in [0, 0.1) is 17.7 Å². The van der Waals surface area contributed by atoms with Gasteiger partial charge >= 0.3 is 6.18 Å². The minimum absolute atomic E-state index is 0.234. The summed E-state index contributed by atoms with van der Waals surface area (Å²) in [6, 6.07) is 17.3. The largest absolute Gasteiger partial charge is 0.416 e. The number of hydrogen-bond donors (Lipinski definition) is 1. The maximum atomic E-state index is 15.3. The van der Waals surface area contributed by atoms with Crippen molar-refractivity contribution in [3.05, 3.63) is 99.9 Å². The van der Waals surface area contributed by atoms with E-state index < -0.39 is 17.6 Å². The van der Waals surface area contributed by atoms with Gasteiger partial charge in [0.25, 0.3) is 0 Å². The first kappa shape index (κ1) is 29.4. The lowest BCUT2D eigenvalue weighted by molar-refractivity contribution is -0.137. The summed E-state index contributed by atoms with van der Waals surface area (Å²) >= 11 is 0. The molecule has 2 aliphatic carbocycles. The standard InChI is InChI=1S/C36H41F4N/c1-2-3-4-5-7-24-10-11-26(20-24)21-25-12-14-27(15-13-25)35-31-19-17-30(41)22-28(31)8-6-9-33(35)32-18-16-29(23-34(32)37)36(38,39)40/h12-19,22-24,26H,2-11,20-21,41H2,1H3. The Morgan fingerprint density at radius 2 is 1.59 bits per heavy atom. The summed E-state index contributed by atoms with van der Waals surface area (Å²) in [6.45, 7) is 2.26. The van der Waals surface area contributed by atoms with Gasteiger partial charge in [0.2, 0.25) is 0 Å². The van der Waals surface area contributed by atoms with Crippen LogP contribution in [0.15, 0.2) is 60.7 Å². The number of aryl methyl sites for hydroxylation is 1. The third-order valence-electron chi connectivity index (χ3n) is 9.08. The van der Waals surface area contributed by atoms with Crippen LogP contribution in [0.25, 0.3) is 11.1 Å². The molecule has 0 saturated heterocycles. The van der Waals surface area contributed by atoms with Gasteiger partial charge in [0.05, 0.1) is 5.56 Å². The molecule has 3 aromatic rings. The van der Waals surface area contributed by atoms with Crippen LogP contribution >= 0.6 is 0 Å². The van der Waals surface area contributed by atoms with Gasteiger partial charge in [-0.2, -0.15) is 13.2 Å². The molecule has 3 aromatic carbocycles. The highest BCUT2D eigenvalue weighted by Crippen LogP contribution is 2.42. The average Bonchev–Trinajstić information content (AvgIpc) is 3.30. The molecular formula is C36H41F4N. The third kappa shape index (κ3) is 7.05. The first-order valence-corrected chi connectivity index (χ1v) is 15.3. The molecule has 1 nitrogen and oxygen atoms in total. The first-order chi connectivity index (χ1) is 19.7. The second-order valence-corrected chi connectivity index (χ2v) is 12.1. The van der Waals surface area contributed by atoms with Crippen molar-refractivity contribution in [2.24, 2.45) is 11.8 Å². The number of fused-ring (bicyclic) bond motifs is 1. The number of allylic oxidation sites excluding steroid dienone is 1. The number of hydrogen-bond acceptors (Lipinski definition) is 1. The second-order valence-electron chi connectivity index (χ2n) is 12.1. The molecule has 1 saturated carbocycles. The van der Waals surface area contributed by atoms with Gasteiger partial charge in [-0.15, -0.1) is 0 Å². The van der Waals surface area contributed by atoms with Gasteiger partial charge in [0, 0.05) is 11.3 Å². The van der Waals surface area contributed by atoms with Crippen LogP contribution in [0.5, 0.6) is 0 Å². The summed E-state index contributed by atoms with van der Waals surface area (Å²) in [7, 11) is 0. The third-order valence-corrected chi connectivity index (χ3v) is 9.08. The predicted molar refractivity (Wildman–Crippen MR) is 161 cm³/mol. The van der Waals surface area contributed by atoms with E-state index in [-0.39, 0.29) is 5.56 Å². The predicted octanol–water partition coefficient (Wildman–Crippen LogP) is 10.7. The lowest BCUT2D eigenvalue weighted by Crippen LogP contribution is -2.06. The Balaban J connectivity index is 1.43. The molecule has 41 heavy (non-hydrogen) atoms. The van der Waals surface area contributed by atoms with Crippen LogP contribution in [0.2, 0.25) is 0 Å². The van der Waals surface area contributed by atoms with Crippen molar-refractivity contribution in [1.82, 2.24) is 0 Å². The van der Waals surface area contributed by atoms with E-state index in [0.717, 1.165) is 65.0 Å². The Labute approximate surface area is 241 Å². The SMILES string of the molecule is CCCCCCC1CCC(Cc2ccc(C3=C(c4ccc(C(F)(F)F)cc4F)CCCc4cc(N)ccc43)cc2)C1. The number of nitrogens with two attached hydrogens (primary N) is 1. The van der Waals surface area contributed by atoms with Crippen LogP contribution in [0.4, 0.5) is 23.2 Å². The van der Waals surface area contributed by atoms with Gasteiger partial charge in [-0.3, -0.25) is 0 Å². The molecule has 0 aromatic heterocycles. The van der Waals surface area contributed by atoms with E-state index >= 15 is 4.39 Å². The molecule has 0 bridgehead atoms. The highest BCUT2D eigenvalue weighted by Gasteiger charge is 2.32. The minimum atomic E-state index is -4.59. The van der Waals surface area contributed by atoms with Crippen molar-refractivity contribution >= 4 is 16.8 Å². The van der Waals surface area contributed by atoms with Crippen LogP contribution in [-0.2, 0) is 19.0 Å². The smallest absolute Gasteiger partial charge is 0.399 e. The van der Waals surface area contributed by atoms with Gasteiger partial charge in [0.15, 0.2) is 0 Å². The summed E-state index contributed by atoms with van der Waals surface area (Å²) in [5.74, 6) is 0.736. The summed E-state index contributed by atoms with van der Waals surface area (Å²) in [5.41, 5.74) is 12.0. The molecule has 5 heteroatoms. The lowest BCUT2D eigenvalue weighted by Gasteiger charge is -2.19. The fraction of sp³-hybridized carbons (Fsp3) is 0.444. The quantitative estimate of drug-likeness (QED) is 0.156. The number of alkyl halides is 3. The molecule has 1 fully saturated rings. The van der Waals surface area contributed by atoms with E-state index in [2.05, 4.69) is 31.2 Å². The van der Waals surface area contributed by atoms with E-state index in [0.29, 0.717) is 18.2 Å². The molecule has 2 atom stereocenters. The molecule has 0 radical (unpaired) electrons. The Bertz CT molecular complexity index is 1370. The fourth-order valence-electron chi connectivity index (χ4n) is 6.97. The van der Waals surface area contributed by atoms with Crippen LogP contribution in [0.1, 0.15) is 105 Å². The Hall–Kier alpha value is -3.08.